The summed E-state index contributed by atoms with van der Waals surface area (Å²) in [6.07, 6.45) is 3.28. The molecule has 0 saturated carbocycles. The summed E-state index contributed by atoms with van der Waals surface area (Å²) in [7, 11) is -2.07. The van der Waals surface area contributed by atoms with Crippen LogP contribution in [-0.4, -0.2) is 38.0 Å². The molecule has 0 aliphatic heterocycles. The van der Waals surface area contributed by atoms with Crippen molar-refractivity contribution in [3.05, 3.63) is 59.4 Å². The maximum atomic E-state index is 12.8. The number of aromatic nitrogens is 1. The molecule has 1 heterocycles. The van der Waals surface area contributed by atoms with Gasteiger partial charge < -0.3 is 4.74 Å². The second kappa shape index (κ2) is 7.69. The molecule has 22 heavy (non-hydrogen) atoms. The smallest absolute Gasteiger partial charge is 0.243 e. The predicted octanol–water partition coefficient (Wildman–Crippen LogP) is 2.57. The minimum Gasteiger partial charge on any atom is -0.383 e. The van der Waals surface area contributed by atoms with Gasteiger partial charge in [0.1, 0.15) is 0 Å². The summed E-state index contributed by atoms with van der Waals surface area (Å²) in [5.74, 6) is 0. The number of sulfonamides is 1. The Morgan fingerprint density at radius 2 is 1.77 bits per heavy atom. The molecule has 0 amide bonds. The van der Waals surface area contributed by atoms with Crippen LogP contribution in [0.2, 0.25) is 5.02 Å². The van der Waals surface area contributed by atoms with Crippen molar-refractivity contribution in [3.63, 3.8) is 0 Å². The molecule has 2 rings (SSSR count). The molecule has 0 spiro atoms. The van der Waals surface area contributed by atoms with Gasteiger partial charge in [0.25, 0.3) is 0 Å². The molecule has 5 nitrogen and oxygen atoms in total. The minimum absolute atomic E-state index is 0.210. The number of hydrogen-bond acceptors (Lipinski definition) is 4. The highest BCUT2D eigenvalue weighted by Crippen LogP contribution is 2.20. The van der Waals surface area contributed by atoms with E-state index in [4.69, 9.17) is 16.3 Å². The SMILES string of the molecule is COCCN(Cc1ccncc1)S(=O)(=O)c1ccc(Cl)cc1. The van der Waals surface area contributed by atoms with Gasteiger partial charge in [-0.1, -0.05) is 11.6 Å². The van der Waals surface area contributed by atoms with Gasteiger partial charge in [-0.3, -0.25) is 4.98 Å². The third kappa shape index (κ3) is 4.27. The van der Waals surface area contributed by atoms with E-state index in [9.17, 15) is 8.42 Å². The standard InChI is InChI=1S/C15H17ClN2O3S/c1-21-11-10-18(12-13-6-8-17-9-7-13)22(19,20)15-4-2-14(16)3-5-15/h2-9H,10-12H2,1H3. The Hall–Kier alpha value is -1.47. The molecule has 7 heteroatoms. The Bertz CT molecular complexity index is 690. The van der Waals surface area contributed by atoms with Gasteiger partial charge in [0, 0.05) is 37.6 Å². The van der Waals surface area contributed by atoms with Crippen molar-refractivity contribution in [1.29, 1.82) is 0 Å². The number of ether oxygens (including phenoxy) is 1. The topological polar surface area (TPSA) is 59.5 Å². The van der Waals surface area contributed by atoms with Crippen molar-refractivity contribution in [2.45, 2.75) is 11.4 Å². The van der Waals surface area contributed by atoms with E-state index in [1.165, 1.54) is 16.4 Å². The van der Waals surface area contributed by atoms with Crippen LogP contribution in [-0.2, 0) is 21.3 Å². The van der Waals surface area contributed by atoms with Crippen molar-refractivity contribution in [2.75, 3.05) is 20.3 Å². The molecule has 0 bridgehead atoms. The van der Waals surface area contributed by atoms with Crippen LogP contribution in [0.25, 0.3) is 0 Å². The van der Waals surface area contributed by atoms with E-state index in [0.29, 0.717) is 11.6 Å². The molecule has 0 aliphatic rings. The van der Waals surface area contributed by atoms with Gasteiger partial charge >= 0.3 is 0 Å². The van der Waals surface area contributed by atoms with Gasteiger partial charge in [0.05, 0.1) is 11.5 Å². The van der Waals surface area contributed by atoms with Crippen LogP contribution in [0, 0.1) is 0 Å². The van der Waals surface area contributed by atoms with E-state index in [2.05, 4.69) is 4.98 Å². The average Bonchev–Trinajstić information content (AvgIpc) is 2.52. The van der Waals surface area contributed by atoms with E-state index in [1.807, 2.05) is 0 Å². The molecule has 0 N–H and O–H groups in total. The molecule has 2 aromatic rings. The quantitative estimate of drug-likeness (QED) is 0.777. The highest BCUT2D eigenvalue weighted by molar-refractivity contribution is 7.89. The Morgan fingerprint density at radius 1 is 1.14 bits per heavy atom. The summed E-state index contributed by atoms with van der Waals surface area (Å²) in [5.41, 5.74) is 0.864. The lowest BCUT2D eigenvalue weighted by atomic mass is 10.3. The first-order valence-electron chi connectivity index (χ1n) is 6.67. The largest absolute Gasteiger partial charge is 0.383 e. The lowest BCUT2D eigenvalue weighted by molar-refractivity contribution is 0.177. The molecule has 0 radical (unpaired) electrons. The Morgan fingerprint density at radius 3 is 2.36 bits per heavy atom. The number of pyridine rings is 1. The normalized spacial score (nSPS) is 11.8. The first-order chi connectivity index (χ1) is 10.5. The van der Waals surface area contributed by atoms with E-state index in [1.54, 1.807) is 43.8 Å². The van der Waals surface area contributed by atoms with Crippen LogP contribution in [0.15, 0.2) is 53.7 Å². The number of halogens is 1. The van der Waals surface area contributed by atoms with Crippen LogP contribution < -0.4 is 0 Å². The fraction of sp³-hybridized carbons (Fsp3) is 0.267. The minimum atomic E-state index is -3.61. The molecule has 0 fully saturated rings. The lowest BCUT2D eigenvalue weighted by Gasteiger charge is -2.22. The van der Waals surface area contributed by atoms with E-state index < -0.39 is 10.0 Å². The van der Waals surface area contributed by atoms with Gasteiger partial charge in [-0.2, -0.15) is 4.31 Å². The molecule has 1 aromatic heterocycles. The summed E-state index contributed by atoms with van der Waals surface area (Å²) in [6, 6.07) is 9.72. The molecular formula is C15H17ClN2O3S. The highest BCUT2D eigenvalue weighted by Gasteiger charge is 2.24. The summed E-state index contributed by atoms with van der Waals surface area (Å²) in [4.78, 5) is 4.15. The van der Waals surface area contributed by atoms with Crippen molar-refractivity contribution in [3.8, 4) is 0 Å². The average molecular weight is 341 g/mol. The number of nitrogens with zero attached hydrogens (tertiary/aromatic N) is 2. The zero-order valence-electron chi connectivity index (χ0n) is 12.1. The van der Waals surface area contributed by atoms with Crippen LogP contribution in [0.3, 0.4) is 0 Å². The molecular weight excluding hydrogens is 324 g/mol. The third-order valence-corrected chi connectivity index (χ3v) is 5.22. The molecule has 1 aromatic carbocycles. The zero-order valence-corrected chi connectivity index (χ0v) is 13.7. The van der Waals surface area contributed by atoms with Crippen LogP contribution >= 0.6 is 11.6 Å². The van der Waals surface area contributed by atoms with Crippen molar-refractivity contribution >= 4 is 21.6 Å². The summed E-state index contributed by atoms with van der Waals surface area (Å²) in [5, 5.41) is 0.497. The maximum Gasteiger partial charge on any atom is 0.243 e. The zero-order chi connectivity index (χ0) is 16.0. The number of rotatable bonds is 7. The van der Waals surface area contributed by atoms with Crippen LogP contribution in [0.4, 0.5) is 0 Å². The molecule has 0 atom stereocenters. The lowest BCUT2D eigenvalue weighted by Crippen LogP contribution is -2.33. The van der Waals surface area contributed by atoms with Crippen molar-refractivity contribution in [1.82, 2.24) is 9.29 Å². The Balaban J connectivity index is 2.28. The van der Waals surface area contributed by atoms with Gasteiger partial charge in [-0.05, 0) is 42.0 Å². The summed E-state index contributed by atoms with van der Waals surface area (Å²) >= 11 is 5.82. The maximum absolute atomic E-state index is 12.8. The van der Waals surface area contributed by atoms with Crippen molar-refractivity contribution in [2.24, 2.45) is 0 Å². The van der Waals surface area contributed by atoms with Crippen LogP contribution in [0.1, 0.15) is 5.56 Å². The molecule has 118 valence electrons. The molecule has 0 saturated heterocycles. The Kier molecular flexibility index (Phi) is 5.90. The number of benzene rings is 1. The van der Waals surface area contributed by atoms with E-state index in [0.717, 1.165) is 5.56 Å². The van der Waals surface area contributed by atoms with E-state index in [-0.39, 0.29) is 18.0 Å². The fourth-order valence-corrected chi connectivity index (χ4v) is 3.46. The van der Waals surface area contributed by atoms with Gasteiger partial charge in [-0.25, -0.2) is 8.42 Å². The second-order valence-electron chi connectivity index (χ2n) is 4.64. The van der Waals surface area contributed by atoms with Gasteiger partial charge in [0.15, 0.2) is 0 Å². The van der Waals surface area contributed by atoms with Crippen molar-refractivity contribution < 1.29 is 13.2 Å². The number of methoxy groups -OCH3 is 1. The highest BCUT2D eigenvalue weighted by atomic mass is 35.5. The van der Waals surface area contributed by atoms with Gasteiger partial charge in [0.2, 0.25) is 10.0 Å². The molecule has 0 unspecified atom stereocenters. The van der Waals surface area contributed by atoms with Crippen LogP contribution in [0.5, 0.6) is 0 Å². The molecule has 0 aliphatic carbocycles. The monoisotopic (exact) mass is 340 g/mol. The summed E-state index contributed by atoms with van der Waals surface area (Å²) < 4.78 is 31.9. The summed E-state index contributed by atoms with van der Waals surface area (Å²) in [6.45, 7) is 0.846. The first kappa shape index (κ1) is 16.9. The Labute approximate surface area is 135 Å². The van der Waals surface area contributed by atoms with E-state index >= 15 is 0 Å². The predicted molar refractivity (Wildman–Crippen MR) is 85.2 cm³/mol. The number of hydrogen-bond donors (Lipinski definition) is 0. The fourth-order valence-electron chi connectivity index (χ4n) is 1.92. The van der Waals surface area contributed by atoms with Gasteiger partial charge in [-0.15, -0.1) is 0 Å². The second-order valence-corrected chi connectivity index (χ2v) is 7.02. The first-order valence-corrected chi connectivity index (χ1v) is 8.49. The third-order valence-electron chi connectivity index (χ3n) is 3.10.